The summed E-state index contributed by atoms with van der Waals surface area (Å²) in [6, 6.07) is 64.0. The third-order valence-electron chi connectivity index (χ3n) is 9.15. The van der Waals surface area contributed by atoms with Gasteiger partial charge in [-0.25, -0.2) is 0 Å². The van der Waals surface area contributed by atoms with Gasteiger partial charge in [-0.15, -0.1) is 0 Å². The molecule has 0 spiro atoms. The quantitative estimate of drug-likeness (QED) is 0.150. The molecule has 0 aliphatic carbocycles. The normalized spacial score (nSPS) is 11.6. The van der Waals surface area contributed by atoms with Gasteiger partial charge in [0.2, 0.25) is 0 Å². The van der Waals surface area contributed by atoms with Gasteiger partial charge in [0.1, 0.15) is 0 Å². The molecule has 9 aromatic rings. The maximum Gasteiger partial charge on any atom is 0.0468 e. The molecule has 0 N–H and O–H groups in total. The lowest BCUT2D eigenvalue weighted by Gasteiger charge is -2.25. The van der Waals surface area contributed by atoms with Crippen molar-refractivity contribution in [1.29, 1.82) is 0 Å². The van der Waals surface area contributed by atoms with Gasteiger partial charge in [0, 0.05) is 17.1 Å². The fourth-order valence-electron chi connectivity index (χ4n) is 6.98. The summed E-state index contributed by atoms with van der Waals surface area (Å²) in [6.45, 7) is 0. The molecule has 0 aromatic heterocycles. The molecular weight excluding hydrogens is 542 g/mol. The van der Waals surface area contributed by atoms with Crippen molar-refractivity contribution < 1.29 is 0 Å². The molecule has 0 heterocycles. The summed E-state index contributed by atoms with van der Waals surface area (Å²) in [5.41, 5.74) is 5.88. The Labute approximate surface area is 262 Å². The summed E-state index contributed by atoms with van der Waals surface area (Å²) in [5, 5.41) is 12.8. The van der Waals surface area contributed by atoms with Crippen LogP contribution in [0.4, 0.5) is 17.1 Å². The van der Waals surface area contributed by atoms with Gasteiger partial charge in [0.05, 0.1) is 0 Å². The van der Waals surface area contributed by atoms with E-state index in [1.165, 1.54) is 65.0 Å². The summed E-state index contributed by atoms with van der Waals surface area (Å²) in [4.78, 5) is 2.31. The number of para-hydroxylation sites is 2. The molecular formula is C44H29N. The molecule has 0 saturated carbocycles. The lowest BCUT2D eigenvalue weighted by Crippen LogP contribution is -2.09. The van der Waals surface area contributed by atoms with Crippen molar-refractivity contribution in [2.24, 2.45) is 0 Å². The first-order valence-corrected chi connectivity index (χ1v) is 15.5. The summed E-state index contributed by atoms with van der Waals surface area (Å²) < 4.78 is 0. The van der Waals surface area contributed by atoms with Crippen LogP contribution >= 0.6 is 0 Å². The molecule has 9 rings (SSSR count). The first-order chi connectivity index (χ1) is 22.3. The van der Waals surface area contributed by atoms with Crippen molar-refractivity contribution in [3.63, 3.8) is 0 Å². The first-order valence-electron chi connectivity index (χ1n) is 15.5. The fraction of sp³-hybridized carbons (Fsp3) is 0. The van der Waals surface area contributed by atoms with E-state index >= 15 is 0 Å². The molecule has 45 heavy (non-hydrogen) atoms. The number of hydrogen-bond donors (Lipinski definition) is 0. The Bertz CT molecular complexity index is 2490. The van der Waals surface area contributed by atoms with E-state index in [-0.39, 0.29) is 0 Å². The predicted octanol–water partition coefficient (Wildman–Crippen LogP) is 12.6. The maximum absolute atomic E-state index is 2.39. The number of hydrogen-bond acceptors (Lipinski definition) is 1. The average Bonchev–Trinajstić information content (AvgIpc) is 3.11. The Morgan fingerprint density at radius 3 is 1.20 bits per heavy atom. The number of fused-ring (bicyclic) bond motifs is 8. The third-order valence-corrected chi connectivity index (χ3v) is 9.15. The van der Waals surface area contributed by atoms with E-state index in [9.17, 15) is 0 Å². The Hall–Kier alpha value is -5.92. The molecule has 0 atom stereocenters. The molecule has 0 radical (unpaired) electrons. The molecule has 0 fully saturated rings. The number of rotatable bonds is 4. The number of benzene rings is 9. The van der Waals surface area contributed by atoms with E-state index in [2.05, 4.69) is 181 Å². The Kier molecular flexibility index (Phi) is 5.89. The van der Waals surface area contributed by atoms with Crippen LogP contribution in [-0.2, 0) is 0 Å². The van der Waals surface area contributed by atoms with Gasteiger partial charge in [0.25, 0.3) is 0 Å². The molecule has 0 bridgehead atoms. The zero-order valence-corrected chi connectivity index (χ0v) is 24.7. The Morgan fingerprint density at radius 1 is 0.244 bits per heavy atom. The van der Waals surface area contributed by atoms with Gasteiger partial charge in [-0.3, -0.25) is 0 Å². The van der Waals surface area contributed by atoms with Gasteiger partial charge in [0.15, 0.2) is 0 Å². The van der Waals surface area contributed by atoms with Crippen LogP contribution in [0.1, 0.15) is 0 Å². The van der Waals surface area contributed by atoms with Crippen molar-refractivity contribution >= 4 is 70.9 Å². The number of anilines is 3. The largest absolute Gasteiger partial charge is 0.310 e. The lowest BCUT2D eigenvalue weighted by molar-refractivity contribution is 1.29. The van der Waals surface area contributed by atoms with Crippen LogP contribution in [0.3, 0.4) is 0 Å². The zero-order chi connectivity index (χ0) is 29.7. The minimum atomic E-state index is 1.14. The maximum atomic E-state index is 2.39. The first kappa shape index (κ1) is 25.6. The van der Waals surface area contributed by atoms with Crippen LogP contribution in [0.2, 0.25) is 0 Å². The van der Waals surface area contributed by atoms with Crippen LogP contribution in [0, 0.1) is 0 Å². The topological polar surface area (TPSA) is 3.24 Å². The molecule has 1 heteroatoms. The SMILES string of the molecule is c1ccc(N(c2ccccc2)c2ccc3cc(-c4ccc5cc6c7ccccc7c7ccccc7c6cc5c4)ccc3c2)cc1. The highest BCUT2D eigenvalue weighted by molar-refractivity contribution is 6.27. The van der Waals surface area contributed by atoms with Crippen LogP contribution in [0.5, 0.6) is 0 Å². The molecule has 0 aliphatic heterocycles. The molecule has 0 aliphatic rings. The Balaban J connectivity index is 1.15. The van der Waals surface area contributed by atoms with Gasteiger partial charge in [-0.1, -0.05) is 115 Å². The predicted molar refractivity (Wildman–Crippen MR) is 194 cm³/mol. The van der Waals surface area contributed by atoms with E-state index in [0.29, 0.717) is 0 Å². The van der Waals surface area contributed by atoms with E-state index in [4.69, 9.17) is 0 Å². The summed E-state index contributed by atoms with van der Waals surface area (Å²) in [6.07, 6.45) is 0. The number of nitrogens with zero attached hydrogens (tertiary/aromatic N) is 1. The fourth-order valence-corrected chi connectivity index (χ4v) is 6.98. The van der Waals surface area contributed by atoms with Gasteiger partial charge in [-0.05, 0) is 126 Å². The smallest absolute Gasteiger partial charge is 0.0468 e. The molecule has 0 amide bonds. The molecule has 1 nitrogen and oxygen atoms in total. The van der Waals surface area contributed by atoms with Crippen LogP contribution in [-0.4, -0.2) is 0 Å². The second-order valence-corrected chi connectivity index (χ2v) is 11.8. The highest BCUT2D eigenvalue weighted by Crippen LogP contribution is 2.39. The summed E-state index contributed by atoms with van der Waals surface area (Å²) in [5.74, 6) is 0. The van der Waals surface area contributed by atoms with E-state index < -0.39 is 0 Å². The molecule has 210 valence electrons. The third kappa shape index (κ3) is 4.32. The molecule has 0 unspecified atom stereocenters. The Morgan fingerprint density at radius 2 is 0.644 bits per heavy atom. The lowest BCUT2D eigenvalue weighted by atomic mass is 9.91. The van der Waals surface area contributed by atoms with Gasteiger partial charge in [-0.2, -0.15) is 0 Å². The van der Waals surface area contributed by atoms with E-state index in [0.717, 1.165) is 17.1 Å². The van der Waals surface area contributed by atoms with Crippen LogP contribution in [0.25, 0.3) is 65.0 Å². The van der Waals surface area contributed by atoms with Crippen molar-refractivity contribution in [1.82, 2.24) is 0 Å². The second kappa shape index (κ2) is 10.4. The highest BCUT2D eigenvalue weighted by atomic mass is 15.1. The van der Waals surface area contributed by atoms with Crippen molar-refractivity contribution in [2.45, 2.75) is 0 Å². The molecule has 0 saturated heterocycles. The summed E-state index contributed by atoms with van der Waals surface area (Å²) >= 11 is 0. The monoisotopic (exact) mass is 571 g/mol. The van der Waals surface area contributed by atoms with Gasteiger partial charge < -0.3 is 4.90 Å². The van der Waals surface area contributed by atoms with E-state index in [1.54, 1.807) is 0 Å². The van der Waals surface area contributed by atoms with Crippen molar-refractivity contribution in [2.75, 3.05) is 4.90 Å². The van der Waals surface area contributed by atoms with Crippen molar-refractivity contribution in [3.8, 4) is 11.1 Å². The average molecular weight is 572 g/mol. The molecule has 9 aromatic carbocycles. The van der Waals surface area contributed by atoms with Crippen LogP contribution < -0.4 is 4.90 Å². The van der Waals surface area contributed by atoms with Gasteiger partial charge >= 0.3 is 0 Å². The summed E-state index contributed by atoms with van der Waals surface area (Å²) in [7, 11) is 0. The zero-order valence-electron chi connectivity index (χ0n) is 24.7. The standard InChI is InChI=1S/C44H29N/c1-3-11-36(12-4-1)45(37-13-5-2-6-14-37)38-24-23-32-25-30(19-21-33(32)27-38)31-20-22-34-28-43-41-17-9-7-15-39(41)40-16-8-10-18-42(40)44(43)29-35(34)26-31/h1-29H. The highest BCUT2D eigenvalue weighted by Gasteiger charge is 2.13. The second-order valence-electron chi connectivity index (χ2n) is 11.8. The van der Waals surface area contributed by atoms with Crippen molar-refractivity contribution in [3.05, 3.63) is 176 Å². The minimum Gasteiger partial charge on any atom is -0.310 e. The van der Waals surface area contributed by atoms with Crippen LogP contribution in [0.15, 0.2) is 176 Å². The van der Waals surface area contributed by atoms with E-state index in [1.807, 2.05) is 0 Å². The minimum absolute atomic E-state index is 1.14.